The lowest BCUT2D eigenvalue weighted by molar-refractivity contribution is 0.107. The summed E-state index contributed by atoms with van der Waals surface area (Å²) in [5.74, 6) is 0.531. The minimum absolute atomic E-state index is 0.462. The highest BCUT2D eigenvalue weighted by Gasteiger charge is 2.13. The summed E-state index contributed by atoms with van der Waals surface area (Å²) in [6.07, 6.45) is 0. The molecule has 0 aliphatic rings. The van der Waals surface area contributed by atoms with Gasteiger partial charge in [0.25, 0.3) is 5.24 Å². The van der Waals surface area contributed by atoms with Crippen LogP contribution < -0.4 is 4.74 Å². The Bertz CT molecular complexity index is 431. The van der Waals surface area contributed by atoms with Gasteiger partial charge in [0.05, 0.1) is 12.7 Å². The van der Waals surface area contributed by atoms with Gasteiger partial charge in [-0.05, 0) is 42.6 Å². The molecule has 0 aliphatic carbocycles. The van der Waals surface area contributed by atoms with E-state index in [0.717, 1.165) is 11.1 Å². The molecule has 0 heterocycles. The summed E-state index contributed by atoms with van der Waals surface area (Å²) in [7, 11) is 8.88. The van der Waals surface area contributed by atoms with Crippen LogP contribution in [0.1, 0.15) is 21.5 Å². The molecule has 0 saturated carbocycles. The van der Waals surface area contributed by atoms with Crippen molar-refractivity contribution in [1.82, 2.24) is 0 Å². The number of ether oxygens (including phenoxy) is 1. The summed E-state index contributed by atoms with van der Waals surface area (Å²) < 4.78 is 14.1. The summed E-state index contributed by atoms with van der Waals surface area (Å²) in [5, 5.41) is -0.474. The molecule has 0 radical (unpaired) electrons. The second-order valence-electron chi connectivity index (χ2n) is 3.04. The maximum atomic E-state index is 11.1. The van der Waals surface area contributed by atoms with Crippen molar-refractivity contribution in [3.63, 3.8) is 0 Å². The van der Waals surface area contributed by atoms with Crippen LogP contribution >= 0.6 is 33.0 Å². The number of benzene rings is 1. The topological polar surface area (TPSA) is 43.4 Å². The molecule has 7 heteroatoms. The lowest BCUT2D eigenvalue weighted by atomic mass is 10.0. The normalized spacial score (nSPS) is 9.59. The van der Waals surface area contributed by atoms with Crippen molar-refractivity contribution >= 4 is 47.4 Å². The first-order chi connectivity index (χ1) is 7.81. The molecule has 96 valence electrons. The zero-order valence-electron chi connectivity index (χ0n) is 9.42. The van der Waals surface area contributed by atoms with E-state index in [0.29, 0.717) is 11.3 Å². The lowest BCUT2D eigenvalue weighted by Gasteiger charge is -2.09. The Kier molecular flexibility index (Phi) is 7.79. The van der Waals surface area contributed by atoms with Crippen LogP contribution in [0, 0.1) is 13.8 Å². The van der Waals surface area contributed by atoms with Crippen molar-refractivity contribution in [1.29, 1.82) is 0 Å². The molecule has 0 atom stereocenters. The van der Waals surface area contributed by atoms with E-state index in [4.69, 9.17) is 20.5 Å². The van der Waals surface area contributed by atoms with E-state index in [-0.39, 0.29) is 0 Å². The summed E-state index contributed by atoms with van der Waals surface area (Å²) in [6.45, 7) is 3.78. The molecule has 1 aromatic rings. The number of carbonyl (C=O) groups is 1. The second kappa shape index (κ2) is 7.93. The molecule has 0 aliphatic heterocycles. The Morgan fingerprint density at radius 3 is 2.12 bits per heavy atom. The van der Waals surface area contributed by atoms with Crippen molar-refractivity contribution in [3.05, 3.63) is 28.8 Å². The molecule has 0 amide bonds. The largest absolute Gasteiger partial charge is 0.496 e. The van der Waals surface area contributed by atoms with Gasteiger partial charge in [-0.2, -0.15) is 0 Å². The number of carbonyl (C=O) groups excluding carboxylic acids is 1. The zero-order chi connectivity index (χ0) is 13.6. The van der Waals surface area contributed by atoms with Crippen LogP contribution in [0.4, 0.5) is 0 Å². The highest BCUT2D eigenvalue weighted by atomic mass is 36.0. The third-order valence-corrected chi connectivity index (χ3v) is 2.30. The molecule has 17 heavy (non-hydrogen) atoms. The summed E-state index contributed by atoms with van der Waals surface area (Å²) in [4.78, 5) is 11.1. The molecule has 0 spiro atoms. The van der Waals surface area contributed by atoms with Gasteiger partial charge >= 0.3 is 0 Å². The molecular weight excluding hydrogens is 307 g/mol. The summed E-state index contributed by atoms with van der Waals surface area (Å²) in [5.41, 5.74) is 2.37. The van der Waals surface area contributed by atoms with Gasteiger partial charge in [0, 0.05) is 21.4 Å². The maximum Gasteiger partial charge on any atom is 0.256 e. The number of hydrogen-bond donors (Lipinski definition) is 0. The van der Waals surface area contributed by atoms with Crippen molar-refractivity contribution < 1.29 is 13.7 Å². The monoisotopic (exact) mass is 316 g/mol. The number of rotatable bonds is 2. The molecule has 1 aromatic carbocycles. The van der Waals surface area contributed by atoms with E-state index in [2.05, 4.69) is 21.4 Å². The van der Waals surface area contributed by atoms with Crippen molar-refractivity contribution in [2.45, 2.75) is 13.8 Å². The third kappa shape index (κ3) is 5.73. The van der Waals surface area contributed by atoms with Crippen LogP contribution in [-0.4, -0.2) is 16.6 Å². The average molecular weight is 318 g/mol. The van der Waals surface area contributed by atoms with Crippen molar-refractivity contribution in [3.8, 4) is 5.75 Å². The standard InChI is InChI=1S/C10H11ClO2.Cl2OS/c1-6-4-5-8(13-3)9(7(6)2)10(11)12;1-4(2)3/h4-5H,1-3H3;. The predicted octanol–water partition coefficient (Wildman–Crippen LogP) is 3.73. The fourth-order valence-electron chi connectivity index (χ4n) is 1.21. The fourth-order valence-corrected chi connectivity index (χ4v) is 1.44. The van der Waals surface area contributed by atoms with Gasteiger partial charge < -0.3 is 4.74 Å². The Balaban J connectivity index is 0.000000557. The average Bonchev–Trinajstić information content (AvgIpc) is 2.20. The minimum Gasteiger partial charge on any atom is -0.496 e. The predicted molar refractivity (Wildman–Crippen MR) is 72.5 cm³/mol. The SMILES string of the molecule is COc1ccc(C)c(C)c1C(=O)Cl.O=S(Cl)Cl. The van der Waals surface area contributed by atoms with E-state index in [1.165, 1.54) is 7.11 Å². The smallest absolute Gasteiger partial charge is 0.256 e. The van der Waals surface area contributed by atoms with E-state index >= 15 is 0 Å². The van der Waals surface area contributed by atoms with Crippen molar-refractivity contribution in [2.24, 2.45) is 0 Å². The molecule has 3 nitrogen and oxygen atoms in total. The zero-order valence-corrected chi connectivity index (χ0v) is 12.5. The number of hydrogen-bond acceptors (Lipinski definition) is 3. The van der Waals surface area contributed by atoms with Gasteiger partial charge in [-0.25, -0.2) is 4.21 Å². The number of methoxy groups -OCH3 is 1. The maximum absolute atomic E-state index is 11.1. The van der Waals surface area contributed by atoms with Crippen LogP contribution in [0.3, 0.4) is 0 Å². The van der Waals surface area contributed by atoms with Gasteiger partial charge in [0.1, 0.15) is 5.75 Å². The van der Waals surface area contributed by atoms with Crippen molar-refractivity contribution in [2.75, 3.05) is 7.11 Å². The Morgan fingerprint density at radius 1 is 1.29 bits per heavy atom. The molecule has 0 fully saturated rings. The lowest BCUT2D eigenvalue weighted by Crippen LogP contribution is -2.00. The molecule has 0 bridgehead atoms. The van der Waals surface area contributed by atoms with Crippen LogP contribution in [0.5, 0.6) is 5.75 Å². The van der Waals surface area contributed by atoms with Crippen LogP contribution in [0.15, 0.2) is 12.1 Å². The van der Waals surface area contributed by atoms with Crippen LogP contribution in [0.2, 0.25) is 0 Å². The summed E-state index contributed by atoms with van der Waals surface area (Å²) >= 11 is 5.45. The van der Waals surface area contributed by atoms with E-state index in [9.17, 15) is 4.79 Å². The summed E-state index contributed by atoms with van der Waals surface area (Å²) in [6, 6.07) is 3.65. The Morgan fingerprint density at radius 2 is 1.76 bits per heavy atom. The minimum atomic E-state index is -1.67. The number of halogens is 3. The fraction of sp³-hybridized carbons (Fsp3) is 0.300. The van der Waals surface area contributed by atoms with E-state index in [1.54, 1.807) is 6.07 Å². The molecule has 0 N–H and O–H groups in total. The molecule has 1 rings (SSSR count). The second-order valence-corrected chi connectivity index (χ2v) is 5.91. The van der Waals surface area contributed by atoms with Crippen LogP contribution in [-0.2, 0) is 9.23 Å². The van der Waals surface area contributed by atoms with Crippen LogP contribution in [0.25, 0.3) is 0 Å². The third-order valence-electron chi connectivity index (χ3n) is 2.11. The highest BCUT2D eigenvalue weighted by Crippen LogP contribution is 2.25. The first-order valence-corrected chi connectivity index (χ1v) is 7.57. The van der Waals surface area contributed by atoms with Gasteiger partial charge in [-0.3, -0.25) is 4.79 Å². The Labute approximate surface area is 116 Å². The van der Waals surface area contributed by atoms with Gasteiger partial charge in [0.15, 0.2) is 0 Å². The van der Waals surface area contributed by atoms with Gasteiger partial charge in [-0.1, -0.05) is 6.07 Å². The number of aryl methyl sites for hydroxylation is 1. The van der Waals surface area contributed by atoms with Gasteiger partial charge in [-0.15, -0.1) is 0 Å². The van der Waals surface area contributed by atoms with Gasteiger partial charge in [0.2, 0.25) is 9.23 Å². The first-order valence-electron chi connectivity index (χ1n) is 4.39. The molecule has 0 aromatic heterocycles. The molecule has 0 saturated heterocycles. The van der Waals surface area contributed by atoms with E-state index in [1.807, 2.05) is 19.9 Å². The van der Waals surface area contributed by atoms with E-state index < -0.39 is 14.5 Å². The Hall–Kier alpha value is -0.290. The molecular formula is C10H11Cl3O3S. The highest BCUT2D eigenvalue weighted by molar-refractivity contribution is 8.26. The quantitative estimate of drug-likeness (QED) is 0.781. The molecule has 0 unspecified atom stereocenters. The first kappa shape index (κ1) is 16.7.